The zero-order valence-corrected chi connectivity index (χ0v) is 16.3. The van der Waals surface area contributed by atoms with Crippen molar-refractivity contribution in [3.63, 3.8) is 0 Å². The van der Waals surface area contributed by atoms with Gasteiger partial charge in [0.15, 0.2) is 6.61 Å². The van der Waals surface area contributed by atoms with E-state index in [-0.39, 0.29) is 24.5 Å². The van der Waals surface area contributed by atoms with Crippen LogP contribution in [0.2, 0.25) is 0 Å². The van der Waals surface area contributed by atoms with Gasteiger partial charge < -0.3 is 15.4 Å². The maximum atomic E-state index is 12.8. The maximum absolute atomic E-state index is 12.8. The molecule has 2 amide bonds. The lowest BCUT2D eigenvalue weighted by atomic mass is 9.49. The number of esters is 1. The number of carbonyl (C=O) groups excluding carboxylic acids is 3. The van der Waals surface area contributed by atoms with E-state index in [0.29, 0.717) is 23.4 Å². The Bertz CT molecular complexity index is 753. The third kappa shape index (κ3) is 4.05. The fourth-order valence-corrected chi connectivity index (χ4v) is 5.85. The van der Waals surface area contributed by atoms with E-state index in [1.807, 2.05) is 25.1 Å². The zero-order chi connectivity index (χ0) is 19.7. The molecule has 6 heteroatoms. The Labute approximate surface area is 165 Å². The molecule has 1 aromatic carbocycles. The van der Waals surface area contributed by atoms with Crippen LogP contribution in [0.4, 0.5) is 5.69 Å². The van der Waals surface area contributed by atoms with Gasteiger partial charge in [-0.3, -0.25) is 14.4 Å². The van der Waals surface area contributed by atoms with Crippen molar-refractivity contribution >= 4 is 23.5 Å². The van der Waals surface area contributed by atoms with Crippen molar-refractivity contribution in [1.82, 2.24) is 5.32 Å². The number of hydrogen-bond acceptors (Lipinski definition) is 4. The molecule has 6 nitrogen and oxygen atoms in total. The van der Waals surface area contributed by atoms with Crippen LogP contribution >= 0.6 is 0 Å². The van der Waals surface area contributed by atoms with Crippen molar-refractivity contribution in [3.8, 4) is 0 Å². The number of hydrogen-bond donors (Lipinski definition) is 2. The molecule has 5 rings (SSSR count). The van der Waals surface area contributed by atoms with E-state index in [9.17, 15) is 14.4 Å². The summed E-state index contributed by atoms with van der Waals surface area (Å²) >= 11 is 0. The predicted octanol–water partition coefficient (Wildman–Crippen LogP) is 2.81. The summed E-state index contributed by atoms with van der Waals surface area (Å²) in [4.78, 5) is 36.7. The quantitative estimate of drug-likeness (QED) is 0.739. The van der Waals surface area contributed by atoms with E-state index in [2.05, 4.69) is 10.6 Å². The van der Waals surface area contributed by atoms with Crippen LogP contribution in [0, 0.1) is 30.1 Å². The van der Waals surface area contributed by atoms with Crippen LogP contribution in [-0.2, 0) is 19.1 Å². The molecule has 4 saturated carbocycles. The Kier molecular flexibility index (Phi) is 5.13. The van der Waals surface area contributed by atoms with E-state index in [4.69, 9.17) is 4.74 Å². The first-order valence-electron chi connectivity index (χ1n) is 10.2. The average molecular weight is 384 g/mol. The van der Waals surface area contributed by atoms with Crippen molar-refractivity contribution in [2.24, 2.45) is 23.2 Å². The SMILES string of the molecule is Cc1cccc(NC(=O)COC(=O)CNC(=O)C23CC4CC(CC(C4)C2)C3)c1. The minimum Gasteiger partial charge on any atom is -0.454 e. The summed E-state index contributed by atoms with van der Waals surface area (Å²) in [7, 11) is 0. The van der Waals surface area contributed by atoms with E-state index < -0.39 is 11.9 Å². The number of anilines is 1. The van der Waals surface area contributed by atoms with E-state index in [1.54, 1.807) is 6.07 Å². The Morgan fingerprint density at radius 2 is 1.71 bits per heavy atom. The normalized spacial score (nSPS) is 30.0. The smallest absolute Gasteiger partial charge is 0.325 e. The number of benzene rings is 1. The highest BCUT2D eigenvalue weighted by atomic mass is 16.5. The van der Waals surface area contributed by atoms with Gasteiger partial charge in [0.1, 0.15) is 6.54 Å². The molecular weight excluding hydrogens is 356 g/mol. The van der Waals surface area contributed by atoms with Crippen LogP contribution in [0.3, 0.4) is 0 Å². The highest BCUT2D eigenvalue weighted by molar-refractivity contribution is 5.93. The van der Waals surface area contributed by atoms with Gasteiger partial charge in [-0.1, -0.05) is 12.1 Å². The molecule has 0 saturated heterocycles. The summed E-state index contributed by atoms with van der Waals surface area (Å²) < 4.78 is 5.01. The first kappa shape index (κ1) is 19.0. The second-order valence-corrected chi connectivity index (χ2v) is 8.96. The lowest BCUT2D eigenvalue weighted by molar-refractivity contribution is -0.152. The van der Waals surface area contributed by atoms with Gasteiger partial charge in [0.25, 0.3) is 5.91 Å². The number of nitrogens with one attached hydrogen (secondary N) is 2. The second kappa shape index (κ2) is 7.57. The van der Waals surface area contributed by atoms with Crippen LogP contribution in [-0.4, -0.2) is 30.9 Å². The van der Waals surface area contributed by atoms with Gasteiger partial charge >= 0.3 is 5.97 Å². The number of rotatable bonds is 6. The van der Waals surface area contributed by atoms with Crippen molar-refractivity contribution in [1.29, 1.82) is 0 Å². The lowest BCUT2D eigenvalue weighted by Crippen LogP contribution is -2.54. The van der Waals surface area contributed by atoms with Gasteiger partial charge in [-0.15, -0.1) is 0 Å². The highest BCUT2D eigenvalue weighted by Crippen LogP contribution is 2.60. The molecule has 4 aliphatic rings. The average Bonchev–Trinajstić information content (AvgIpc) is 2.63. The first-order valence-corrected chi connectivity index (χ1v) is 10.2. The maximum Gasteiger partial charge on any atom is 0.325 e. The molecule has 0 heterocycles. The molecule has 2 N–H and O–H groups in total. The van der Waals surface area contributed by atoms with Crippen LogP contribution in [0.5, 0.6) is 0 Å². The van der Waals surface area contributed by atoms with Crippen molar-refractivity contribution < 1.29 is 19.1 Å². The molecule has 0 atom stereocenters. The topological polar surface area (TPSA) is 84.5 Å². The lowest BCUT2D eigenvalue weighted by Gasteiger charge is -2.55. The van der Waals surface area contributed by atoms with Crippen LogP contribution in [0.25, 0.3) is 0 Å². The van der Waals surface area contributed by atoms with Gasteiger partial charge in [-0.05, 0) is 80.9 Å². The standard InChI is InChI=1S/C22H28N2O4/c1-14-3-2-4-18(5-14)24-19(25)13-28-20(26)12-23-21(27)22-9-15-6-16(10-22)8-17(7-15)11-22/h2-5,15-17H,6-13H2,1H3,(H,23,27)(H,24,25). The molecule has 0 aliphatic heterocycles. The predicted molar refractivity (Wildman–Crippen MR) is 104 cm³/mol. The van der Waals surface area contributed by atoms with Crippen LogP contribution in [0.15, 0.2) is 24.3 Å². The largest absolute Gasteiger partial charge is 0.454 e. The van der Waals surface area contributed by atoms with Crippen LogP contribution in [0.1, 0.15) is 44.1 Å². The molecule has 0 unspecified atom stereocenters. The van der Waals surface area contributed by atoms with E-state index in [0.717, 1.165) is 24.8 Å². The number of aryl methyl sites for hydroxylation is 1. The summed E-state index contributed by atoms with van der Waals surface area (Å²) in [6, 6.07) is 7.39. The summed E-state index contributed by atoms with van der Waals surface area (Å²) in [5.41, 5.74) is 1.41. The van der Waals surface area contributed by atoms with E-state index in [1.165, 1.54) is 19.3 Å². The van der Waals surface area contributed by atoms with E-state index >= 15 is 0 Å². The molecule has 4 bridgehead atoms. The van der Waals surface area contributed by atoms with Crippen LogP contribution < -0.4 is 10.6 Å². The minimum atomic E-state index is -0.586. The fraction of sp³-hybridized carbons (Fsp3) is 0.591. The number of amides is 2. The first-order chi connectivity index (χ1) is 13.4. The van der Waals surface area contributed by atoms with Gasteiger partial charge in [0.2, 0.25) is 5.91 Å². The molecule has 0 aromatic heterocycles. The molecule has 150 valence electrons. The monoisotopic (exact) mass is 384 g/mol. The number of ether oxygens (including phenoxy) is 1. The molecule has 28 heavy (non-hydrogen) atoms. The summed E-state index contributed by atoms with van der Waals surface area (Å²) in [5, 5.41) is 5.46. The highest BCUT2D eigenvalue weighted by Gasteiger charge is 2.54. The molecule has 1 aromatic rings. The fourth-order valence-electron chi connectivity index (χ4n) is 5.85. The molecule has 4 aliphatic carbocycles. The third-order valence-corrected chi connectivity index (χ3v) is 6.58. The Hall–Kier alpha value is -2.37. The Morgan fingerprint density at radius 3 is 2.32 bits per heavy atom. The Morgan fingerprint density at radius 1 is 1.07 bits per heavy atom. The summed E-state index contributed by atoms with van der Waals surface area (Å²) in [6.07, 6.45) is 6.68. The van der Waals surface area contributed by atoms with Gasteiger partial charge in [0.05, 0.1) is 0 Å². The Balaban J connectivity index is 1.21. The van der Waals surface area contributed by atoms with Crippen molar-refractivity contribution in [2.45, 2.75) is 45.4 Å². The molecule has 0 spiro atoms. The summed E-state index contributed by atoms with van der Waals surface area (Å²) in [6.45, 7) is 1.39. The molecule has 4 fully saturated rings. The van der Waals surface area contributed by atoms with Crippen molar-refractivity contribution in [2.75, 3.05) is 18.5 Å². The van der Waals surface area contributed by atoms with Gasteiger partial charge in [-0.2, -0.15) is 0 Å². The third-order valence-electron chi connectivity index (χ3n) is 6.58. The second-order valence-electron chi connectivity index (χ2n) is 8.96. The molecule has 0 radical (unpaired) electrons. The summed E-state index contributed by atoms with van der Waals surface area (Å²) in [5.74, 6) is 1.04. The van der Waals surface area contributed by atoms with Gasteiger partial charge in [-0.25, -0.2) is 0 Å². The van der Waals surface area contributed by atoms with Crippen molar-refractivity contribution in [3.05, 3.63) is 29.8 Å². The zero-order valence-electron chi connectivity index (χ0n) is 16.3. The number of carbonyl (C=O) groups is 3. The molecular formula is C22H28N2O4. The minimum absolute atomic E-state index is 0.00670. The van der Waals surface area contributed by atoms with Gasteiger partial charge in [0, 0.05) is 11.1 Å².